The van der Waals surface area contributed by atoms with Gasteiger partial charge in [0, 0.05) is 33.8 Å². The number of fused-ring (bicyclic) bond motifs is 1. The molecule has 0 saturated heterocycles. The summed E-state index contributed by atoms with van der Waals surface area (Å²) in [5.74, 6) is 0.532. The maximum absolute atomic E-state index is 11.9. The van der Waals surface area contributed by atoms with Gasteiger partial charge in [0.1, 0.15) is 5.01 Å². The lowest BCUT2D eigenvalue weighted by Crippen LogP contribution is -2.24. The van der Waals surface area contributed by atoms with Crippen molar-refractivity contribution in [1.29, 1.82) is 0 Å². The SMILES string of the molecule is CN(C)C(=O)Cc1ccc(-c2nn3c(CC(=O)N(C)C)nnc3s2)cc1. The number of carbonyl (C=O) groups is 2. The Bertz CT molecular complexity index is 942. The number of hydrogen-bond donors (Lipinski definition) is 0. The molecule has 3 rings (SSSR count). The maximum Gasteiger partial charge on any atom is 0.234 e. The highest BCUT2D eigenvalue weighted by atomic mass is 32.1. The second kappa shape index (κ2) is 7.20. The van der Waals surface area contributed by atoms with Gasteiger partial charge in [0.15, 0.2) is 5.82 Å². The third-order valence-corrected chi connectivity index (χ3v) is 4.87. The highest BCUT2D eigenvalue weighted by Gasteiger charge is 2.16. The molecule has 0 radical (unpaired) electrons. The fraction of sp³-hybridized carbons (Fsp3) is 0.353. The summed E-state index contributed by atoms with van der Waals surface area (Å²) in [6.45, 7) is 0. The molecule has 0 bridgehead atoms. The van der Waals surface area contributed by atoms with Crippen LogP contribution in [0.25, 0.3) is 15.5 Å². The molecule has 8 nitrogen and oxygen atoms in total. The topological polar surface area (TPSA) is 83.7 Å². The highest BCUT2D eigenvalue weighted by Crippen LogP contribution is 2.26. The van der Waals surface area contributed by atoms with Crippen LogP contribution in [-0.4, -0.2) is 69.6 Å². The normalized spacial score (nSPS) is 10.9. The van der Waals surface area contributed by atoms with E-state index in [0.29, 0.717) is 17.2 Å². The molecule has 26 heavy (non-hydrogen) atoms. The van der Waals surface area contributed by atoms with Gasteiger partial charge in [0.2, 0.25) is 16.8 Å². The lowest BCUT2D eigenvalue weighted by atomic mass is 10.1. The van der Waals surface area contributed by atoms with Gasteiger partial charge in [-0.1, -0.05) is 35.6 Å². The number of rotatable bonds is 5. The van der Waals surface area contributed by atoms with Crippen molar-refractivity contribution in [3.8, 4) is 10.6 Å². The number of hydrogen-bond acceptors (Lipinski definition) is 6. The molecule has 0 unspecified atom stereocenters. The average Bonchev–Trinajstić information content (AvgIpc) is 3.17. The zero-order chi connectivity index (χ0) is 18.8. The predicted molar refractivity (Wildman–Crippen MR) is 98.9 cm³/mol. The largest absolute Gasteiger partial charge is 0.349 e. The van der Waals surface area contributed by atoms with E-state index in [4.69, 9.17) is 0 Å². The molecule has 2 aromatic heterocycles. The first-order chi connectivity index (χ1) is 12.3. The van der Waals surface area contributed by atoms with Crippen molar-refractivity contribution in [2.75, 3.05) is 28.2 Å². The lowest BCUT2D eigenvalue weighted by molar-refractivity contribution is -0.128. The summed E-state index contributed by atoms with van der Waals surface area (Å²) in [6, 6.07) is 7.73. The van der Waals surface area contributed by atoms with Gasteiger partial charge in [-0.15, -0.1) is 10.2 Å². The third-order valence-electron chi connectivity index (χ3n) is 3.92. The first-order valence-corrected chi connectivity index (χ1v) is 8.87. The lowest BCUT2D eigenvalue weighted by Gasteiger charge is -2.10. The summed E-state index contributed by atoms with van der Waals surface area (Å²) in [7, 11) is 6.90. The molecule has 0 N–H and O–H groups in total. The molecule has 3 aromatic rings. The quantitative estimate of drug-likeness (QED) is 0.670. The molecule has 0 aliphatic rings. The summed E-state index contributed by atoms with van der Waals surface area (Å²) in [5, 5.41) is 13.5. The van der Waals surface area contributed by atoms with E-state index < -0.39 is 0 Å². The Hall–Kier alpha value is -2.81. The molecule has 0 fully saturated rings. The van der Waals surface area contributed by atoms with Crippen LogP contribution in [0.1, 0.15) is 11.4 Å². The van der Waals surface area contributed by atoms with E-state index in [1.54, 1.807) is 37.6 Å². The standard InChI is InChI=1S/C17H20N6O2S/c1-21(2)14(24)9-11-5-7-12(8-6-11)16-20-23-13(10-15(25)22(3)4)18-19-17(23)26-16/h5-8H,9-10H2,1-4H3. The van der Waals surface area contributed by atoms with Crippen LogP contribution in [0, 0.1) is 0 Å². The van der Waals surface area contributed by atoms with E-state index in [1.807, 2.05) is 24.3 Å². The smallest absolute Gasteiger partial charge is 0.234 e. The van der Waals surface area contributed by atoms with Crippen molar-refractivity contribution >= 4 is 28.1 Å². The molecule has 136 valence electrons. The number of aromatic nitrogens is 4. The van der Waals surface area contributed by atoms with Crippen molar-refractivity contribution in [1.82, 2.24) is 29.6 Å². The van der Waals surface area contributed by atoms with Crippen LogP contribution in [0.15, 0.2) is 24.3 Å². The van der Waals surface area contributed by atoms with Crippen LogP contribution in [0.2, 0.25) is 0 Å². The summed E-state index contributed by atoms with van der Waals surface area (Å²) < 4.78 is 1.62. The van der Waals surface area contributed by atoms with Gasteiger partial charge in [-0.25, -0.2) is 0 Å². The van der Waals surface area contributed by atoms with Crippen molar-refractivity contribution < 1.29 is 9.59 Å². The van der Waals surface area contributed by atoms with E-state index >= 15 is 0 Å². The van der Waals surface area contributed by atoms with Gasteiger partial charge < -0.3 is 9.80 Å². The van der Waals surface area contributed by atoms with Crippen LogP contribution in [0.4, 0.5) is 0 Å². The number of likely N-dealkylation sites (N-methyl/N-ethyl adjacent to an activating group) is 2. The van der Waals surface area contributed by atoms with Crippen molar-refractivity contribution in [3.63, 3.8) is 0 Å². The monoisotopic (exact) mass is 372 g/mol. The molecule has 0 saturated carbocycles. The molecule has 2 amide bonds. The maximum atomic E-state index is 11.9. The number of carbonyl (C=O) groups excluding carboxylic acids is 2. The Balaban J connectivity index is 1.81. The molecule has 0 aliphatic carbocycles. The Morgan fingerprint density at radius 1 is 0.962 bits per heavy atom. The van der Waals surface area contributed by atoms with Crippen LogP contribution >= 0.6 is 11.3 Å². The molecule has 1 aromatic carbocycles. The minimum Gasteiger partial charge on any atom is -0.349 e. The minimum atomic E-state index is -0.0521. The Morgan fingerprint density at radius 2 is 1.58 bits per heavy atom. The summed E-state index contributed by atoms with van der Waals surface area (Å²) >= 11 is 1.41. The highest BCUT2D eigenvalue weighted by molar-refractivity contribution is 7.19. The van der Waals surface area contributed by atoms with Gasteiger partial charge in [0.05, 0.1) is 12.8 Å². The van der Waals surface area contributed by atoms with E-state index in [9.17, 15) is 9.59 Å². The number of amides is 2. The molecule has 9 heteroatoms. The zero-order valence-corrected chi connectivity index (χ0v) is 15.9. The summed E-state index contributed by atoms with van der Waals surface area (Å²) in [4.78, 5) is 27.4. The fourth-order valence-electron chi connectivity index (χ4n) is 2.28. The molecule has 0 atom stereocenters. The Morgan fingerprint density at radius 3 is 2.19 bits per heavy atom. The number of benzene rings is 1. The molecule has 0 spiro atoms. The van der Waals surface area contributed by atoms with E-state index in [1.165, 1.54) is 16.2 Å². The van der Waals surface area contributed by atoms with Gasteiger partial charge in [0.25, 0.3) is 0 Å². The second-order valence-electron chi connectivity index (χ2n) is 6.34. The van der Waals surface area contributed by atoms with Crippen LogP contribution in [0.5, 0.6) is 0 Å². The molecular weight excluding hydrogens is 352 g/mol. The average molecular weight is 372 g/mol. The predicted octanol–water partition coefficient (Wildman–Crippen LogP) is 1.11. The van der Waals surface area contributed by atoms with Crippen LogP contribution < -0.4 is 0 Å². The molecular formula is C17H20N6O2S. The summed E-state index contributed by atoms with van der Waals surface area (Å²) in [6.07, 6.45) is 0.526. The fourth-order valence-corrected chi connectivity index (χ4v) is 3.14. The first kappa shape index (κ1) is 18.0. The van der Waals surface area contributed by atoms with Crippen molar-refractivity contribution in [2.45, 2.75) is 12.8 Å². The van der Waals surface area contributed by atoms with Crippen LogP contribution in [-0.2, 0) is 22.4 Å². The first-order valence-electron chi connectivity index (χ1n) is 8.06. The third kappa shape index (κ3) is 3.72. The van der Waals surface area contributed by atoms with Crippen molar-refractivity contribution in [2.24, 2.45) is 0 Å². The second-order valence-corrected chi connectivity index (χ2v) is 7.30. The minimum absolute atomic E-state index is 0.0521. The number of nitrogens with zero attached hydrogens (tertiary/aromatic N) is 6. The van der Waals surface area contributed by atoms with Gasteiger partial charge in [-0.05, 0) is 5.56 Å². The Kier molecular flexibility index (Phi) is 4.99. The van der Waals surface area contributed by atoms with Crippen LogP contribution in [0.3, 0.4) is 0 Å². The summed E-state index contributed by atoms with van der Waals surface area (Å²) in [5.41, 5.74) is 1.89. The zero-order valence-electron chi connectivity index (χ0n) is 15.1. The van der Waals surface area contributed by atoms with Gasteiger partial charge in [-0.3, -0.25) is 9.59 Å². The Labute approximate surface area is 155 Å². The van der Waals surface area contributed by atoms with Gasteiger partial charge in [-0.2, -0.15) is 9.61 Å². The van der Waals surface area contributed by atoms with E-state index in [-0.39, 0.29) is 18.2 Å². The van der Waals surface area contributed by atoms with Gasteiger partial charge >= 0.3 is 0 Å². The molecule has 0 aliphatic heterocycles. The van der Waals surface area contributed by atoms with E-state index in [2.05, 4.69) is 15.3 Å². The van der Waals surface area contributed by atoms with E-state index in [0.717, 1.165) is 16.1 Å². The molecule has 2 heterocycles. The van der Waals surface area contributed by atoms with Crippen molar-refractivity contribution in [3.05, 3.63) is 35.7 Å².